The first-order chi connectivity index (χ1) is 11.0. The van der Waals surface area contributed by atoms with E-state index in [9.17, 15) is 8.42 Å². The van der Waals surface area contributed by atoms with E-state index in [0.29, 0.717) is 31.1 Å². The van der Waals surface area contributed by atoms with Crippen molar-refractivity contribution in [2.45, 2.75) is 43.6 Å². The van der Waals surface area contributed by atoms with Gasteiger partial charge in [-0.1, -0.05) is 0 Å². The van der Waals surface area contributed by atoms with Gasteiger partial charge in [0.1, 0.15) is 0 Å². The molecule has 0 atom stereocenters. The van der Waals surface area contributed by atoms with E-state index in [0.717, 1.165) is 17.8 Å². The van der Waals surface area contributed by atoms with Crippen LogP contribution in [-0.4, -0.2) is 45.8 Å². The molecule has 8 heteroatoms. The van der Waals surface area contributed by atoms with E-state index >= 15 is 0 Å². The van der Waals surface area contributed by atoms with Crippen LogP contribution in [0, 0.1) is 6.92 Å². The maximum atomic E-state index is 12.9. The predicted octanol–water partition coefficient (Wildman–Crippen LogP) is 1.12. The monoisotopic (exact) mass is 335 g/mol. The average Bonchev–Trinajstić information content (AvgIpc) is 3.22. The Morgan fingerprint density at radius 2 is 2.00 bits per heavy atom. The van der Waals surface area contributed by atoms with Gasteiger partial charge in [0.25, 0.3) is 10.0 Å². The molecule has 0 aromatic carbocycles. The van der Waals surface area contributed by atoms with Crippen molar-refractivity contribution in [3.8, 4) is 0 Å². The molecule has 0 saturated heterocycles. The third-order valence-corrected chi connectivity index (χ3v) is 6.69. The molecule has 3 heterocycles. The molecule has 0 spiro atoms. The molecule has 23 heavy (non-hydrogen) atoms. The van der Waals surface area contributed by atoms with Gasteiger partial charge in [-0.05, 0) is 37.8 Å². The minimum atomic E-state index is -3.51. The zero-order valence-corrected chi connectivity index (χ0v) is 14.2. The lowest BCUT2D eigenvalue weighted by Gasteiger charge is -2.19. The summed E-state index contributed by atoms with van der Waals surface area (Å²) in [6.45, 7) is 2.78. The van der Waals surface area contributed by atoms with Gasteiger partial charge in [-0.2, -0.15) is 14.5 Å². The molecule has 124 valence electrons. The zero-order chi connectivity index (χ0) is 16.2. The Bertz CT molecular complexity index is 847. The Kier molecular flexibility index (Phi) is 3.35. The first-order valence-electron chi connectivity index (χ1n) is 8.03. The lowest BCUT2D eigenvalue weighted by atomic mass is 10.1. The molecule has 0 bridgehead atoms. The molecule has 1 saturated carbocycles. The normalized spacial score (nSPS) is 19.6. The maximum absolute atomic E-state index is 12.9. The minimum absolute atomic E-state index is 0.265. The van der Waals surface area contributed by atoms with Crippen LogP contribution in [0.25, 0.3) is 0 Å². The van der Waals surface area contributed by atoms with Crippen molar-refractivity contribution in [3.05, 3.63) is 28.7 Å². The lowest BCUT2D eigenvalue weighted by Crippen LogP contribution is -2.34. The van der Waals surface area contributed by atoms with Crippen molar-refractivity contribution >= 4 is 10.0 Å². The quantitative estimate of drug-likeness (QED) is 0.911. The van der Waals surface area contributed by atoms with Gasteiger partial charge in [-0.3, -0.25) is 9.78 Å². The van der Waals surface area contributed by atoms with Crippen molar-refractivity contribution < 1.29 is 8.42 Å². The van der Waals surface area contributed by atoms with E-state index in [1.54, 1.807) is 24.3 Å². The Balaban J connectivity index is 1.61. The van der Waals surface area contributed by atoms with Crippen LogP contribution in [0.2, 0.25) is 0 Å². The SMILES string of the molecule is Cc1cc(S(=O)(=O)N2CCc3[nH]nc(C4CC4)c3CC2)n(C)n1. The van der Waals surface area contributed by atoms with Crippen molar-refractivity contribution in [3.63, 3.8) is 0 Å². The smallest absolute Gasteiger partial charge is 0.260 e. The summed E-state index contributed by atoms with van der Waals surface area (Å²) in [6.07, 6.45) is 3.82. The van der Waals surface area contributed by atoms with Crippen LogP contribution in [0.1, 0.15) is 41.4 Å². The van der Waals surface area contributed by atoms with Crippen LogP contribution < -0.4 is 0 Å². The number of rotatable bonds is 3. The summed E-state index contributed by atoms with van der Waals surface area (Å²) in [5.74, 6) is 0.581. The number of hydrogen-bond donors (Lipinski definition) is 1. The first-order valence-corrected chi connectivity index (χ1v) is 9.47. The third kappa shape index (κ3) is 2.49. The van der Waals surface area contributed by atoms with E-state index in [2.05, 4.69) is 15.3 Å². The van der Waals surface area contributed by atoms with Crippen molar-refractivity contribution in [1.82, 2.24) is 24.3 Å². The van der Waals surface area contributed by atoms with Gasteiger partial charge in [0, 0.05) is 38.2 Å². The van der Waals surface area contributed by atoms with E-state index in [1.807, 2.05) is 0 Å². The zero-order valence-electron chi connectivity index (χ0n) is 13.4. The highest BCUT2D eigenvalue weighted by Crippen LogP contribution is 2.41. The number of fused-ring (bicyclic) bond motifs is 1. The number of aromatic amines is 1. The second-order valence-electron chi connectivity index (χ2n) is 6.49. The molecule has 2 aromatic heterocycles. The van der Waals surface area contributed by atoms with Gasteiger partial charge in [-0.15, -0.1) is 0 Å². The fraction of sp³-hybridized carbons (Fsp3) is 0.600. The van der Waals surface area contributed by atoms with Gasteiger partial charge in [-0.25, -0.2) is 8.42 Å². The van der Waals surface area contributed by atoms with Crippen molar-refractivity contribution in [2.24, 2.45) is 7.05 Å². The van der Waals surface area contributed by atoms with Crippen LogP contribution >= 0.6 is 0 Å². The number of H-pyrrole nitrogens is 1. The highest BCUT2D eigenvalue weighted by molar-refractivity contribution is 7.89. The Hall–Kier alpha value is -1.67. The van der Waals surface area contributed by atoms with Crippen LogP contribution in [0.4, 0.5) is 0 Å². The van der Waals surface area contributed by atoms with Gasteiger partial charge in [0.15, 0.2) is 5.03 Å². The molecule has 1 aliphatic carbocycles. The molecule has 0 amide bonds. The Morgan fingerprint density at radius 3 is 2.65 bits per heavy atom. The van der Waals surface area contributed by atoms with E-state index in [-0.39, 0.29) is 5.03 Å². The molecule has 1 aliphatic heterocycles. The highest BCUT2D eigenvalue weighted by Gasteiger charge is 2.34. The fourth-order valence-corrected chi connectivity index (χ4v) is 5.01. The molecule has 7 nitrogen and oxygen atoms in total. The molecule has 4 rings (SSSR count). The summed E-state index contributed by atoms with van der Waals surface area (Å²) in [5, 5.41) is 12.0. The molecule has 0 radical (unpaired) electrons. The van der Waals surface area contributed by atoms with E-state index in [1.165, 1.54) is 23.1 Å². The van der Waals surface area contributed by atoms with Crippen LogP contribution in [0.5, 0.6) is 0 Å². The van der Waals surface area contributed by atoms with E-state index < -0.39 is 10.0 Å². The standard InChI is InChI=1S/C15H21N5O2S/c1-10-9-14(19(2)18-10)23(21,22)20-7-5-12-13(6-8-20)16-17-15(12)11-3-4-11/h9,11H,3-8H2,1-2H3,(H,16,17). The number of aryl methyl sites for hydroxylation is 2. The third-order valence-electron chi connectivity index (χ3n) is 4.73. The molecule has 2 aromatic rings. The second kappa shape index (κ2) is 5.17. The highest BCUT2D eigenvalue weighted by atomic mass is 32.2. The largest absolute Gasteiger partial charge is 0.282 e. The number of nitrogens with zero attached hydrogens (tertiary/aromatic N) is 4. The Labute approximate surface area is 135 Å². The summed E-state index contributed by atoms with van der Waals surface area (Å²) < 4.78 is 28.9. The minimum Gasteiger partial charge on any atom is -0.282 e. The van der Waals surface area contributed by atoms with Crippen molar-refractivity contribution in [1.29, 1.82) is 0 Å². The maximum Gasteiger partial charge on any atom is 0.260 e. The number of hydrogen-bond acceptors (Lipinski definition) is 4. The van der Waals surface area contributed by atoms with Gasteiger partial charge >= 0.3 is 0 Å². The van der Waals surface area contributed by atoms with Crippen LogP contribution in [0.3, 0.4) is 0 Å². The van der Waals surface area contributed by atoms with Crippen LogP contribution in [-0.2, 0) is 29.9 Å². The fourth-order valence-electron chi connectivity index (χ4n) is 3.38. The number of aromatic nitrogens is 4. The summed E-state index contributed by atoms with van der Waals surface area (Å²) in [4.78, 5) is 0. The lowest BCUT2D eigenvalue weighted by molar-refractivity contribution is 0.418. The van der Waals surface area contributed by atoms with Gasteiger partial charge in [0.2, 0.25) is 0 Å². The molecule has 1 fully saturated rings. The number of sulfonamides is 1. The van der Waals surface area contributed by atoms with E-state index in [4.69, 9.17) is 0 Å². The summed E-state index contributed by atoms with van der Waals surface area (Å²) in [5.41, 5.74) is 4.22. The topological polar surface area (TPSA) is 83.9 Å². The molecule has 2 aliphatic rings. The van der Waals surface area contributed by atoms with Crippen molar-refractivity contribution in [2.75, 3.05) is 13.1 Å². The average molecular weight is 335 g/mol. The van der Waals surface area contributed by atoms with Gasteiger partial charge in [0.05, 0.1) is 11.4 Å². The molecular formula is C15H21N5O2S. The Morgan fingerprint density at radius 1 is 1.26 bits per heavy atom. The molecular weight excluding hydrogens is 314 g/mol. The molecule has 1 N–H and O–H groups in total. The predicted molar refractivity (Wildman–Crippen MR) is 84.7 cm³/mol. The number of nitrogens with one attached hydrogen (secondary N) is 1. The molecule has 0 unspecified atom stereocenters. The first kappa shape index (κ1) is 14.9. The summed E-state index contributed by atoms with van der Waals surface area (Å²) >= 11 is 0. The summed E-state index contributed by atoms with van der Waals surface area (Å²) in [7, 11) is -1.83. The second-order valence-corrected chi connectivity index (χ2v) is 8.38. The van der Waals surface area contributed by atoms with Crippen LogP contribution in [0.15, 0.2) is 11.1 Å². The summed E-state index contributed by atoms with van der Waals surface area (Å²) in [6, 6.07) is 1.64. The van der Waals surface area contributed by atoms with Gasteiger partial charge < -0.3 is 0 Å².